The van der Waals surface area contributed by atoms with Crippen LogP contribution in [0.15, 0.2) is 97.1 Å². The maximum absolute atomic E-state index is 14.6. The zero-order chi connectivity index (χ0) is 30.9. The summed E-state index contributed by atoms with van der Waals surface area (Å²) < 4.78 is 19.3. The number of carbonyl (C=O) groups excluding carboxylic acids is 2. The molecule has 7 nitrogen and oxygen atoms in total. The first kappa shape index (κ1) is 29.5. The smallest absolute Gasteiger partial charge is 0.330 e. The number of likely N-dealkylation sites (tertiary alicyclic amines) is 1. The third-order valence-corrected chi connectivity index (χ3v) is 8.29. The molecule has 0 saturated carbocycles. The van der Waals surface area contributed by atoms with Crippen LogP contribution in [0.3, 0.4) is 0 Å². The van der Waals surface area contributed by atoms with Crippen LogP contribution >= 0.6 is 0 Å². The van der Waals surface area contributed by atoms with Gasteiger partial charge in [-0.25, -0.2) is 14.0 Å². The number of aliphatic carboxylic acids is 1. The molecule has 1 heterocycles. The summed E-state index contributed by atoms with van der Waals surface area (Å²) in [4.78, 5) is 43.6. The van der Waals surface area contributed by atoms with Crippen LogP contribution in [0.4, 0.5) is 14.9 Å². The first-order chi connectivity index (χ1) is 20.5. The number of Topliss-reactive ketones (excluding diaryl/α,β-unsaturated/α-hetero) is 1. The standard InChI is InChI=1S/C35H33FN2O5/c1-21-7-5-9-24(19-21)31-29(32(39)25-10-6-8-22(2)20-25)30(23-11-13-26(36)14-12-23)35(3,33(40)41)38(31)34(42)37-27-15-17-28(43-4)18-16-27/h5-20,29-31H,1-4H3,(H,37,42)(H,40,41). The summed E-state index contributed by atoms with van der Waals surface area (Å²) >= 11 is 0. The number of methoxy groups -OCH3 is 1. The van der Waals surface area contributed by atoms with E-state index in [1.54, 1.807) is 48.5 Å². The van der Waals surface area contributed by atoms with Crippen molar-refractivity contribution in [3.8, 4) is 5.75 Å². The Morgan fingerprint density at radius 3 is 2.07 bits per heavy atom. The highest BCUT2D eigenvalue weighted by Crippen LogP contribution is 2.56. The second-order valence-corrected chi connectivity index (χ2v) is 11.1. The summed E-state index contributed by atoms with van der Waals surface area (Å²) in [6.45, 7) is 5.23. The normalized spacial score (nSPS) is 21.3. The lowest BCUT2D eigenvalue weighted by Crippen LogP contribution is -2.55. The summed E-state index contributed by atoms with van der Waals surface area (Å²) in [7, 11) is 1.53. The first-order valence-electron chi connectivity index (χ1n) is 13.9. The number of anilines is 1. The zero-order valence-corrected chi connectivity index (χ0v) is 24.4. The predicted molar refractivity (Wildman–Crippen MR) is 162 cm³/mol. The second kappa shape index (κ2) is 11.7. The molecule has 1 fully saturated rings. The Hall–Kier alpha value is -4.98. The third kappa shape index (κ3) is 5.48. The van der Waals surface area contributed by atoms with Crippen molar-refractivity contribution in [1.29, 1.82) is 0 Å². The molecule has 220 valence electrons. The van der Waals surface area contributed by atoms with Crippen LogP contribution in [0.2, 0.25) is 0 Å². The highest BCUT2D eigenvalue weighted by atomic mass is 19.1. The van der Waals surface area contributed by atoms with Crippen LogP contribution < -0.4 is 10.1 Å². The second-order valence-electron chi connectivity index (χ2n) is 11.1. The van der Waals surface area contributed by atoms with Gasteiger partial charge in [0.05, 0.1) is 19.1 Å². The monoisotopic (exact) mass is 580 g/mol. The fourth-order valence-corrected chi connectivity index (χ4v) is 6.26. The van der Waals surface area contributed by atoms with Crippen molar-refractivity contribution < 1.29 is 28.6 Å². The number of carbonyl (C=O) groups is 3. The van der Waals surface area contributed by atoms with Gasteiger partial charge >= 0.3 is 12.0 Å². The van der Waals surface area contributed by atoms with Gasteiger partial charge in [0.2, 0.25) is 0 Å². The van der Waals surface area contributed by atoms with E-state index >= 15 is 0 Å². The van der Waals surface area contributed by atoms with Crippen molar-refractivity contribution in [3.05, 3.63) is 131 Å². The van der Waals surface area contributed by atoms with Gasteiger partial charge in [-0.3, -0.25) is 9.69 Å². The molecule has 1 saturated heterocycles. The molecule has 4 aromatic carbocycles. The van der Waals surface area contributed by atoms with Crippen molar-refractivity contribution in [2.24, 2.45) is 5.92 Å². The Labute approximate surface area is 249 Å². The van der Waals surface area contributed by atoms with Crippen LogP contribution in [-0.2, 0) is 4.79 Å². The number of benzene rings is 4. The van der Waals surface area contributed by atoms with Gasteiger partial charge in [0.15, 0.2) is 5.78 Å². The number of carboxylic acid groups (broad SMARTS) is 1. The number of halogens is 1. The van der Waals surface area contributed by atoms with Crippen molar-refractivity contribution >= 4 is 23.5 Å². The molecule has 1 aliphatic heterocycles. The van der Waals surface area contributed by atoms with Gasteiger partial charge in [-0.15, -0.1) is 0 Å². The van der Waals surface area contributed by atoms with E-state index in [1.807, 2.05) is 38.1 Å². The summed E-state index contributed by atoms with van der Waals surface area (Å²) in [6.07, 6.45) is 0. The van der Waals surface area contributed by atoms with E-state index in [1.165, 1.54) is 43.2 Å². The minimum absolute atomic E-state index is 0.309. The Bertz CT molecular complexity index is 1670. The van der Waals surface area contributed by atoms with Gasteiger partial charge < -0.3 is 15.2 Å². The minimum Gasteiger partial charge on any atom is -0.497 e. The van der Waals surface area contributed by atoms with Crippen LogP contribution in [0.1, 0.15) is 51.5 Å². The number of ketones is 1. The van der Waals surface area contributed by atoms with Gasteiger partial charge in [-0.05, 0) is 74.4 Å². The van der Waals surface area contributed by atoms with Crippen LogP contribution in [-0.4, -0.2) is 40.4 Å². The molecule has 4 unspecified atom stereocenters. The number of aryl methyl sites for hydroxylation is 2. The maximum atomic E-state index is 14.6. The maximum Gasteiger partial charge on any atom is 0.330 e. The average Bonchev–Trinajstić information content (AvgIpc) is 3.28. The molecule has 5 rings (SSSR count). The Morgan fingerprint density at radius 2 is 1.49 bits per heavy atom. The molecule has 0 spiro atoms. The molecule has 0 bridgehead atoms. The zero-order valence-electron chi connectivity index (χ0n) is 24.4. The largest absolute Gasteiger partial charge is 0.497 e. The number of carboxylic acids is 1. The molecule has 2 N–H and O–H groups in total. The molecule has 8 heteroatoms. The minimum atomic E-state index is -1.91. The lowest BCUT2D eigenvalue weighted by atomic mass is 9.71. The number of hydrogen-bond donors (Lipinski definition) is 2. The number of hydrogen-bond acceptors (Lipinski definition) is 4. The number of nitrogens with one attached hydrogen (secondary N) is 1. The number of rotatable bonds is 7. The first-order valence-corrected chi connectivity index (χ1v) is 13.9. The predicted octanol–water partition coefficient (Wildman–Crippen LogP) is 7.17. The number of urea groups is 1. The van der Waals surface area contributed by atoms with Gasteiger partial charge in [0, 0.05) is 17.2 Å². The van der Waals surface area contributed by atoms with Crippen LogP contribution in [0.5, 0.6) is 5.75 Å². The van der Waals surface area contributed by atoms with Crippen molar-refractivity contribution in [1.82, 2.24) is 4.90 Å². The van der Waals surface area contributed by atoms with E-state index in [0.29, 0.717) is 28.1 Å². The number of ether oxygens (including phenoxy) is 1. The molecule has 1 aliphatic rings. The van der Waals surface area contributed by atoms with Crippen LogP contribution in [0, 0.1) is 25.6 Å². The van der Waals surface area contributed by atoms with E-state index < -0.39 is 41.2 Å². The fraction of sp³-hybridized carbons (Fsp3) is 0.229. The van der Waals surface area contributed by atoms with Gasteiger partial charge in [0.1, 0.15) is 17.1 Å². The Balaban J connectivity index is 1.76. The van der Waals surface area contributed by atoms with E-state index in [2.05, 4.69) is 5.32 Å². The Morgan fingerprint density at radius 1 is 0.860 bits per heavy atom. The molecule has 4 atom stereocenters. The van der Waals surface area contributed by atoms with Gasteiger partial charge in [0.25, 0.3) is 0 Å². The summed E-state index contributed by atoms with van der Waals surface area (Å²) in [5.74, 6) is -3.54. The lowest BCUT2D eigenvalue weighted by Gasteiger charge is -2.37. The average molecular weight is 581 g/mol. The Kier molecular flexibility index (Phi) is 8.04. The molecule has 0 radical (unpaired) electrons. The number of nitrogens with zero attached hydrogens (tertiary/aromatic N) is 1. The molecular formula is C35H33FN2O5. The fourth-order valence-electron chi connectivity index (χ4n) is 6.26. The van der Waals surface area contributed by atoms with Gasteiger partial charge in [-0.1, -0.05) is 65.7 Å². The van der Waals surface area contributed by atoms with E-state index in [4.69, 9.17) is 4.74 Å². The molecular weight excluding hydrogens is 547 g/mol. The van der Waals surface area contributed by atoms with E-state index in [0.717, 1.165) is 11.1 Å². The van der Waals surface area contributed by atoms with Crippen molar-refractivity contribution in [2.75, 3.05) is 12.4 Å². The highest BCUT2D eigenvalue weighted by Gasteiger charge is 2.65. The summed E-state index contributed by atoms with van der Waals surface area (Å²) in [5.41, 5.74) is 1.73. The van der Waals surface area contributed by atoms with E-state index in [9.17, 15) is 23.9 Å². The quantitative estimate of drug-likeness (QED) is 0.226. The molecule has 2 amide bonds. The number of amides is 2. The summed E-state index contributed by atoms with van der Waals surface area (Å²) in [6, 6.07) is 25.0. The molecule has 0 aromatic heterocycles. The van der Waals surface area contributed by atoms with Crippen molar-refractivity contribution in [3.63, 3.8) is 0 Å². The lowest BCUT2D eigenvalue weighted by molar-refractivity contribution is -0.148. The van der Waals surface area contributed by atoms with Crippen LogP contribution in [0.25, 0.3) is 0 Å². The van der Waals surface area contributed by atoms with E-state index in [-0.39, 0.29) is 5.78 Å². The summed E-state index contributed by atoms with van der Waals surface area (Å²) in [5, 5.41) is 13.8. The van der Waals surface area contributed by atoms with Crippen molar-refractivity contribution in [2.45, 2.75) is 38.3 Å². The highest BCUT2D eigenvalue weighted by molar-refractivity contribution is 6.03. The topological polar surface area (TPSA) is 95.9 Å². The molecule has 43 heavy (non-hydrogen) atoms. The molecule has 4 aromatic rings. The van der Waals surface area contributed by atoms with Gasteiger partial charge in [-0.2, -0.15) is 0 Å². The SMILES string of the molecule is COc1ccc(NC(=O)N2C(c3cccc(C)c3)C(C(=O)c3cccc(C)c3)C(c3ccc(F)cc3)C2(C)C(=O)O)cc1. The third-order valence-electron chi connectivity index (χ3n) is 8.29. The molecule has 0 aliphatic carbocycles.